The first kappa shape index (κ1) is 17.6. The third-order valence-corrected chi connectivity index (χ3v) is 4.89. The molecule has 124 valence electrons. The fraction of sp³-hybridized carbons (Fsp3) is 0.667. The molecule has 22 heavy (non-hydrogen) atoms. The van der Waals surface area contributed by atoms with Gasteiger partial charge >= 0.3 is 0 Å². The third kappa shape index (κ3) is 5.45. The molecule has 0 unspecified atom stereocenters. The van der Waals surface area contributed by atoms with Crippen LogP contribution in [0.5, 0.6) is 5.75 Å². The van der Waals surface area contributed by atoms with E-state index >= 15 is 0 Å². The van der Waals surface area contributed by atoms with Crippen molar-refractivity contribution in [1.82, 2.24) is 0 Å². The van der Waals surface area contributed by atoms with Crippen LogP contribution in [-0.4, -0.2) is 46.4 Å². The summed E-state index contributed by atoms with van der Waals surface area (Å²) in [4.78, 5) is 3.46. The van der Waals surface area contributed by atoms with Gasteiger partial charge < -0.3 is 14.5 Å². The van der Waals surface area contributed by atoms with E-state index in [0.717, 1.165) is 29.4 Å². The molecule has 1 heterocycles. The summed E-state index contributed by atoms with van der Waals surface area (Å²) in [6, 6.07) is 4.10. The summed E-state index contributed by atoms with van der Waals surface area (Å²) in [5, 5.41) is 0.738. The Morgan fingerprint density at radius 3 is 2.45 bits per heavy atom. The Morgan fingerprint density at radius 2 is 1.77 bits per heavy atom. The molecule has 0 radical (unpaired) electrons. The predicted octanol–water partition coefficient (Wildman–Crippen LogP) is 0.919. The van der Waals surface area contributed by atoms with Crippen LogP contribution in [0, 0.1) is 13.8 Å². The fourth-order valence-electron chi connectivity index (χ4n) is 3.19. The lowest BCUT2D eigenvalue weighted by Gasteiger charge is -2.27. The molecule has 3 nitrogen and oxygen atoms in total. The van der Waals surface area contributed by atoms with E-state index in [1.165, 1.54) is 51.1 Å². The quantitative estimate of drug-likeness (QED) is 0.713. The fourth-order valence-corrected chi connectivity index (χ4v) is 3.57. The molecule has 1 saturated heterocycles. The van der Waals surface area contributed by atoms with Crippen LogP contribution in [0.1, 0.15) is 30.4 Å². The van der Waals surface area contributed by atoms with Crippen molar-refractivity contribution in [2.24, 2.45) is 0 Å². The number of ether oxygens (including phenoxy) is 1. The second kappa shape index (κ2) is 8.76. The lowest BCUT2D eigenvalue weighted by atomic mass is 10.1. The van der Waals surface area contributed by atoms with Crippen LogP contribution in [0.4, 0.5) is 0 Å². The number of hydrogen-bond acceptors (Lipinski definition) is 1. The van der Waals surface area contributed by atoms with E-state index in [2.05, 4.69) is 27.0 Å². The molecule has 2 rings (SSSR count). The zero-order valence-corrected chi connectivity index (χ0v) is 15.1. The highest BCUT2D eigenvalue weighted by molar-refractivity contribution is 6.32. The van der Waals surface area contributed by atoms with Crippen molar-refractivity contribution in [3.8, 4) is 5.75 Å². The van der Waals surface area contributed by atoms with Gasteiger partial charge in [0.15, 0.2) is 0 Å². The minimum Gasteiger partial charge on any atom is -0.492 e. The molecule has 1 aromatic carbocycles. The van der Waals surface area contributed by atoms with Crippen LogP contribution in [0.25, 0.3) is 0 Å². The standard InChI is InChI=1S/C18H29ClN2O/c1-15-13-16(2)18(17(19)14-15)22-12-6-4-5-7-21-10-8-20(3)9-11-21/h13-14H,4-12H2,1-3H3/p+2. The lowest BCUT2D eigenvalue weighted by molar-refractivity contribution is -1.00. The molecule has 0 spiro atoms. The number of unbranched alkanes of at least 4 members (excludes halogenated alkanes) is 2. The van der Waals surface area contributed by atoms with Gasteiger partial charge in [0.05, 0.1) is 25.2 Å². The highest BCUT2D eigenvalue weighted by atomic mass is 35.5. The summed E-state index contributed by atoms with van der Waals surface area (Å²) in [7, 11) is 2.30. The molecule has 1 aliphatic heterocycles. The maximum Gasteiger partial charge on any atom is 0.140 e. The molecular formula is C18H31ClN2O+2. The Labute approximate surface area is 140 Å². The molecule has 0 saturated carbocycles. The number of halogens is 1. The molecule has 1 fully saturated rings. The van der Waals surface area contributed by atoms with E-state index < -0.39 is 0 Å². The summed E-state index contributed by atoms with van der Waals surface area (Å²) in [5.41, 5.74) is 2.32. The average molecular weight is 327 g/mol. The number of likely N-dealkylation sites (N-methyl/N-ethyl adjacent to an activating group) is 1. The molecule has 0 aromatic heterocycles. The van der Waals surface area contributed by atoms with E-state index in [4.69, 9.17) is 16.3 Å². The number of rotatable bonds is 7. The Bertz CT molecular complexity index is 447. The van der Waals surface area contributed by atoms with E-state index in [9.17, 15) is 0 Å². The summed E-state index contributed by atoms with van der Waals surface area (Å²) in [6.45, 7) is 11.5. The first-order valence-electron chi connectivity index (χ1n) is 8.60. The normalized spacial score (nSPS) is 21.8. The van der Waals surface area contributed by atoms with Crippen molar-refractivity contribution in [2.45, 2.75) is 33.1 Å². The van der Waals surface area contributed by atoms with Gasteiger partial charge in [-0.25, -0.2) is 0 Å². The number of aryl methyl sites for hydroxylation is 2. The predicted molar refractivity (Wildman–Crippen MR) is 92.5 cm³/mol. The van der Waals surface area contributed by atoms with Crippen molar-refractivity contribution in [3.63, 3.8) is 0 Å². The smallest absolute Gasteiger partial charge is 0.140 e. The molecule has 1 aliphatic rings. The summed E-state index contributed by atoms with van der Waals surface area (Å²) in [5.74, 6) is 0.861. The molecule has 1 aromatic rings. The van der Waals surface area contributed by atoms with Crippen molar-refractivity contribution in [2.75, 3.05) is 46.4 Å². The largest absolute Gasteiger partial charge is 0.492 e. The van der Waals surface area contributed by atoms with Crippen molar-refractivity contribution in [1.29, 1.82) is 0 Å². The first-order chi connectivity index (χ1) is 10.6. The lowest BCUT2D eigenvalue weighted by Crippen LogP contribution is -3.27. The van der Waals surface area contributed by atoms with Gasteiger partial charge in [-0.05, 0) is 50.3 Å². The maximum absolute atomic E-state index is 6.26. The SMILES string of the molecule is Cc1cc(C)c(OCCCCC[NH+]2CC[NH+](C)CC2)c(Cl)c1. The maximum atomic E-state index is 6.26. The summed E-state index contributed by atoms with van der Waals surface area (Å²) < 4.78 is 5.89. The third-order valence-electron chi connectivity index (χ3n) is 4.61. The Hall–Kier alpha value is -0.770. The second-order valence-electron chi connectivity index (χ2n) is 6.76. The Morgan fingerprint density at radius 1 is 1.05 bits per heavy atom. The number of nitrogens with one attached hydrogen (secondary N) is 2. The molecule has 4 heteroatoms. The molecule has 2 N–H and O–H groups in total. The minimum atomic E-state index is 0.738. The van der Waals surface area contributed by atoms with Gasteiger partial charge in [-0.15, -0.1) is 0 Å². The van der Waals surface area contributed by atoms with E-state index in [1.54, 1.807) is 9.80 Å². The van der Waals surface area contributed by atoms with Crippen molar-refractivity contribution in [3.05, 3.63) is 28.3 Å². The Kier molecular flexibility index (Phi) is 7.00. The van der Waals surface area contributed by atoms with Gasteiger partial charge in [0, 0.05) is 0 Å². The zero-order valence-electron chi connectivity index (χ0n) is 14.3. The molecule has 0 amide bonds. The van der Waals surface area contributed by atoms with Crippen LogP contribution in [0.15, 0.2) is 12.1 Å². The van der Waals surface area contributed by atoms with Crippen LogP contribution < -0.4 is 14.5 Å². The van der Waals surface area contributed by atoms with Crippen LogP contribution >= 0.6 is 11.6 Å². The van der Waals surface area contributed by atoms with E-state index in [0.29, 0.717) is 0 Å². The average Bonchev–Trinajstić information content (AvgIpc) is 2.46. The van der Waals surface area contributed by atoms with Crippen molar-refractivity contribution >= 4 is 11.6 Å². The van der Waals surface area contributed by atoms with Crippen LogP contribution in [0.3, 0.4) is 0 Å². The molecule has 0 bridgehead atoms. The van der Waals surface area contributed by atoms with Crippen molar-refractivity contribution < 1.29 is 14.5 Å². The van der Waals surface area contributed by atoms with Gasteiger partial charge in [0.1, 0.15) is 31.9 Å². The topological polar surface area (TPSA) is 18.1 Å². The number of benzene rings is 1. The van der Waals surface area contributed by atoms with E-state index in [-0.39, 0.29) is 0 Å². The zero-order chi connectivity index (χ0) is 15.9. The van der Waals surface area contributed by atoms with Gasteiger partial charge in [-0.1, -0.05) is 17.7 Å². The molecule has 0 atom stereocenters. The first-order valence-corrected chi connectivity index (χ1v) is 8.98. The Balaban J connectivity index is 1.60. The van der Waals surface area contributed by atoms with E-state index in [1.807, 2.05) is 6.07 Å². The summed E-state index contributed by atoms with van der Waals surface area (Å²) >= 11 is 6.26. The monoisotopic (exact) mass is 326 g/mol. The highest BCUT2D eigenvalue weighted by Crippen LogP contribution is 2.29. The number of hydrogen-bond donors (Lipinski definition) is 2. The van der Waals surface area contributed by atoms with Gasteiger partial charge in [-0.3, -0.25) is 0 Å². The van der Waals surface area contributed by atoms with Crippen LogP contribution in [0.2, 0.25) is 5.02 Å². The molecular weight excluding hydrogens is 296 g/mol. The summed E-state index contributed by atoms with van der Waals surface area (Å²) in [6.07, 6.45) is 3.66. The molecule has 0 aliphatic carbocycles. The number of quaternary nitrogens is 2. The number of piperazine rings is 1. The minimum absolute atomic E-state index is 0.738. The van der Waals surface area contributed by atoms with Crippen LogP contribution in [-0.2, 0) is 0 Å². The second-order valence-corrected chi connectivity index (χ2v) is 7.17. The van der Waals surface area contributed by atoms with Gasteiger partial charge in [0.2, 0.25) is 0 Å². The van der Waals surface area contributed by atoms with Gasteiger partial charge in [0.25, 0.3) is 0 Å². The van der Waals surface area contributed by atoms with Gasteiger partial charge in [-0.2, -0.15) is 0 Å². The highest BCUT2D eigenvalue weighted by Gasteiger charge is 2.18.